The number of hydrogen-bond acceptors (Lipinski definition) is 4. The summed E-state index contributed by atoms with van der Waals surface area (Å²) in [7, 11) is -2.47. The Labute approximate surface area is 208 Å². The van der Waals surface area contributed by atoms with Gasteiger partial charge in [0, 0.05) is 25.9 Å². The van der Waals surface area contributed by atoms with Crippen LogP contribution in [-0.2, 0) is 13.3 Å². The molecule has 0 saturated heterocycles. The highest BCUT2D eigenvalue weighted by atomic mass is 32.1. The van der Waals surface area contributed by atoms with Crippen LogP contribution in [0.4, 0.5) is 0 Å². The molecule has 194 valence electrons. The minimum Gasteiger partial charge on any atom is -0.373 e. The number of unbranched alkanes of at least 4 members (excludes halogenated alkanes) is 15. The fourth-order valence-corrected chi connectivity index (χ4v) is 7.18. The third-order valence-corrected chi connectivity index (χ3v) is 9.18. The molecule has 3 nitrogen and oxygen atoms in total. The second kappa shape index (κ2) is 26.1. The van der Waals surface area contributed by atoms with Gasteiger partial charge in [0.15, 0.2) is 0 Å². The molecule has 32 heavy (non-hydrogen) atoms. The molecule has 0 aromatic carbocycles. The Bertz CT molecular complexity index is 336. The van der Waals surface area contributed by atoms with Gasteiger partial charge in [-0.15, -0.1) is 0 Å². The summed E-state index contributed by atoms with van der Waals surface area (Å²) in [6.07, 6.45) is 25.2. The van der Waals surface area contributed by atoms with Crippen LogP contribution < -0.4 is 0 Å². The molecule has 0 aliphatic heterocycles. The van der Waals surface area contributed by atoms with Crippen LogP contribution in [0.5, 0.6) is 0 Å². The lowest BCUT2D eigenvalue weighted by atomic mass is 10.0. The predicted octanol–water partition coefficient (Wildman–Crippen LogP) is 9.38. The molecule has 0 unspecified atom stereocenters. The van der Waals surface area contributed by atoms with Gasteiger partial charge in [-0.05, 0) is 37.9 Å². The molecule has 0 aromatic rings. The summed E-state index contributed by atoms with van der Waals surface area (Å²) in [6, 6.07) is 0.988. The van der Waals surface area contributed by atoms with Gasteiger partial charge < -0.3 is 13.3 Å². The van der Waals surface area contributed by atoms with Gasteiger partial charge in [-0.25, -0.2) is 0 Å². The molecule has 0 radical (unpaired) electrons. The molecule has 0 N–H and O–H groups in total. The Morgan fingerprint density at radius 1 is 0.438 bits per heavy atom. The van der Waals surface area contributed by atoms with Crippen LogP contribution in [0.3, 0.4) is 0 Å². The highest BCUT2D eigenvalue weighted by molar-refractivity contribution is 7.80. The van der Waals surface area contributed by atoms with Crippen LogP contribution in [0.1, 0.15) is 143 Å². The first kappa shape index (κ1) is 32.4. The fraction of sp³-hybridized carbons (Fsp3) is 1.00. The van der Waals surface area contributed by atoms with Crippen LogP contribution in [0.15, 0.2) is 0 Å². The van der Waals surface area contributed by atoms with E-state index in [9.17, 15) is 0 Å². The van der Waals surface area contributed by atoms with Gasteiger partial charge >= 0.3 is 8.80 Å². The molecule has 0 aromatic heterocycles. The maximum absolute atomic E-state index is 6.20. The predicted molar refractivity (Wildman–Crippen MR) is 147 cm³/mol. The van der Waals surface area contributed by atoms with E-state index in [1.165, 1.54) is 103 Å². The number of rotatable bonds is 27. The first-order valence-electron chi connectivity index (χ1n) is 14.3. The summed E-state index contributed by atoms with van der Waals surface area (Å²) in [5, 5.41) is 0. The Balaban J connectivity index is 3.67. The summed E-state index contributed by atoms with van der Waals surface area (Å²) in [5.74, 6) is 1.05. The number of thiol groups is 1. The lowest BCUT2D eigenvalue weighted by molar-refractivity contribution is 0.0586. The lowest BCUT2D eigenvalue weighted by Gasteiger charge is -2.29. The van der Waals surface area contributed by atoms with Crippen molar-refractivity contribution in [3.63, 3.8) is 0 Å². The van der Waals surface area contributed by atoms with Gasteiger partial charge in [-0.1, -0.05) is 111 Å². The van der Waals surface area contributed by atoms with Crippen molar-refractivity contribution in [1.29, 1.82) is 0 Å². The molecule has 0 atom stereocenters. The van der Waals surface area contributed by atoms with Crippen molar-refractivity contribution in [1.82, 2.24) is 0 Å². The third-order valence-electron chi connectivity index (χ3n) is 5.97. The Morgan fingerprint density at radius 3 is 1.00 bits per heavy atom. The summed E-state index contributed by atoms with van der Waals surface area (Å²) < 4.78 is 18.6. The third kappa shape index (κ3) is 21.0. The van der Waals surface area contributed by atoms with Gasteiger partial charge in [0.1, 0.15) is 0 Å². The molecule has 0 saturated carbocycles. The van der Waals surface area contributed by atoms with E-state index in [1.807, 2.05) is 0 Å². The molecule has 0 spiro atoms. The normalized spacial score (nSPS) is 12.0. The quantitative estimate of drug-likeness (QED) is 0.0706. The molecule has 0 aliphatic carbocycles. The topological polar surface area (TPSA) is 27.7 Å². The molecule has 0 rings (SSSR count). The van der Waals surface area contributed by atoms with Gasteiger partial charge in [-0.2, -0.15) is 12.6 Å². The average molecular weight is 491 g/mol. The van der Waals surface area contributed by atoms with Crippen LogP contribution in [-0.4, -0.2) is 34.4 Å². The summed E-state index contributed by atoms with van der Waals surface area (Å²) in [5.41, 5.74) is 0. The second-order valence-electron chi connectivity index (χ2n) is 9.36. The highest BCUT2D eigenvalue weighted by Gasteiger charge is 2.40. The van der Waals surface area contributed by atoms with E-state index in [0.29, 0.717) is 0 Å². The minimum absolute atomic E-state index is 0.760. The zero-order valence-electron chi connectivity index (χ0n) is 22.1. The molecule has 0 bridgehead atoms. The van der Waals surface area contributed by atoms with E-state index in [0.717, 1.165) is 50.9 Å². The number of hydrogen-bond donors (Lipinski definition) is 1. The minimum atomic E-state index is -2.47. The Morgan fingerprint density at radius 2 is 0.719 bits per heavy atom. The fourth-order valence-electron chi connectivity index (χ4n) is 4.04. The zero-order chi connectivity index (χ0) is 23.6. The Hall–Kier alpha value is 0.447. The molecule has 0 amide bonds. The van der Waals surface area contributed by atoms with Crippen molar-refractivity contribution in [2.75, 3.05) is 25.6 Å². The van der Waals surface area contributed by atoms with Crippen LogP contribution in [0.25, 0.3) is 0 Å². The van der Waals surface area contributed by atoms with Crippen molar-refractivity contribution in [2.24, 2.45) is 0 Å². The summed E-state index contributed by atoms with van der Waals surface area (Å²) in [4.78, 5) is 0. The summed E-state index contributed by atoms with van der Waals surface area (Å²) in [6.45, 7) is 8.76. The molecular weight excluding hydrogens is 432 g/mol. The van der Waals surface area contributed by atoms with E-state index < -0.39 is 8.80 Å². The van der Waals surface area contributed by atoms with Crippen LogP contribution >= 0.6 is 12.6 Å². The average Bonchev–Trinajstić information content (AvgIpc) is 2.81. The Kier molecular flexibility index (Phi) is 26.4. The van der Waals surface area contributed by atoms with E-state index >= 15 is 0 Å². The molecule has 5 heteroatoms. The van der Waals surface area contributed by atoms with Crippen molar-refractivity contribution >= 4 is 21.4 Å². The van der Waals surface area contributed by atoms with E-state index in [-0.39, 0.29) is 0 Å². The van der Waals surface area contributed by atoms with Gasteiger partial charge in [0.2, 0.25) is 0 Å². The molecule has 0 aliphatic rings. The monoisotopic (exact) mass is 490 g/mol. The second-order valence-corrected chi connectivity index (χ2v) is 12.5. The van der Waals surface area contributed by atoms with Crippen molar-refractivity contribution in [3.05, 3.63) is 0 Å². The van der Waals surface area contributed by atoms with E-state index in [4.69, 9.17) is 13.3 Å². The van der Waals surface area contributed by atoms with Crippen LogP contribution in [0.2, 0.25) is 6.04 Å². The standard InChI is InChI=1S/C27H58O3SSi/c1-4-23-28-32(29-24-5-2,30-25-6-3)27-22-20-18-16-14-12-10-8-7-9-11-13-15-17-19-21-26-31/h31H,4-27H2,1-3H3. The van der Waals surface area contributed by atoms with Gasteiger partial charge in [0.05, 0.1) is 0 Å². The maximum atomic E-state index is 6.20. The smallest absolute Gasteiger partial charge is 0.373 e. The van der Waals surface area contributed by atoms with Crippen LogP contribution in [0, 0.1) is 0 Å². The van der Waals surface area contributed by atoms with E-state index in [2.05, 4.69) is 33.4 Å². The molecular formula is C27H58O3SSi. The summed E-state index contributed by atoms with van der Waals surface area (Å²) >= 11 is 4.28. The molecule has 0 fully saturated rings. The first-order chi connectivity index (χ1) is 15.7. The lowest BCUT2D eigenvalue weighted by Crippen LogP contribution is -2.46. The first-order valence-corrected chi connectivity index (χ1v) is 16.8. The van der Waals surface area contributed by atoms with Crippen molar-refractivity contribution < 1.29 is 13.3 Å². The largest absolute Gasteiger partial charge is 0.500 e. The highest BCUT2D eigenvalue weighted by Crippen LogP contribution is 2.22. The van der Waals surface area contributed by atoms with Gasteiger partial charge in [-0.3, -0.25) is 0 Å². The van der Waals surface area contributed by atoms with Gasteiger partial charge in [0.25, 0.3) is 0 Å². The SMILES string of the molecule is CCCO[Si](CCCCCCCCCCCCCCCCCCS)(OCCC)OCCC. The molecule has 0 heterocycles. The van der Waals surface area contributed by atoms with Crippen molar-refractivity contribution in [3.8, 4) is 0 Å². The maximum Gasteiger partial charge on any atom is 0.500 e. The van der Waals surface area contributed by atoms with Crippen molar-refractivity contribution in [2.45, 2.75) is 149 Å². The zero-order valence-corrected chi connectivity index (χ0v) is 24.0. The van der Waals surface area contributed by atoms with E-state index in [1.54, 1.807) is 0 Å².